The molecule has 2 aliphatic heterocycles. The van der Waals surface area contributed by atoms with Crippen LogP contribution in [0.25, 0.3) is 0 Å². The minimum absolute atomic E-state index is 0.442. The zero-order chi connectivity index (χ0) is 13.8. The minimum atomic E-state index is -0.753. The first-order valence-corrected chi connectivity index (χ1v) is 8.30. The van der Waals surface area contributed by atoms with Crippen molar-refractivity contribution in [3.63, 3.8) is 0 Å². The van der Waals surface area contributed by atoms with Gasteiger partial charge in [0, 0.05) is 31.6 Å². The summed E-state index contributed by atoms with van der Waals surface area (Å²) in [6, 6.07) is 0. The highest BCUT2D eigenvalue weighted by Crippen LogP contribution is 2.19. The van der Waals surface area contributed by atoms with Gasteiger partial charge in [0.25, 0.3) is 0 Å². The van der Waals surface area contributed by atoms with Crippen molar-refractivity contribution in [2.45, 2.75) is 25.0 Å². The number of β-amino-alcohol motifs (C(OH)–C–C–N with tert-alkyl or cyclic N) is 1. The second-order valence-electron chi connectivity index (χ2n) is 5.95. The van der Waals surface area contributed by atoms with Crippen LogP contribution in [-0.4, -0.2) is 71.4 Å². The largest absolute Gasteiger partial charge is 0.385 e. The maximum absolute atomic E-state index is 10.9. The van der Waals surface area contributed by atoms with E-state index in [4.69, 9.17) is 4.74 Å². The van der Waals surface area contributed by atoms with Crippen LogP contribution >= 0.6 is 11.3 Å². The molecule has 0 amide bonds. The Kier molecular flexibility index (Phi) is 4.68. The van der Waals surface area contributed by atoms with Gasteiger partial charge in [0.15, 0.2) is 0 Å². The number of likely N-dealkylation sites (tertiary alicyclic amines) is 1. The minimum Gasteiger partial charge on any atom is -0.385 e. The number of aliphatic hydroxyl groups is 1. The van der Waals surface area contributed by atoms with Crippen LogP contribution in [0, 0.1) is 0 Å². The van der Waals surface area contributed by atoms with Crippen LogP contribution in [0.5, 0.6) is 0 Å². The zero-order valence-corrected chi connectivity index (χ0v) is 12.6. The van der Waals surface area contributed by atoms with Gasteiger partial charge >= 0.3 is 0 Å². The summed E-state index contributed by atoms with van der Waals surface area (Å²) in [5, 5.41) is 13.0. The van der Waals surface area contributed by atoms with Gasteiger partial charge in [-0.1, -0.05) is 0 Å². The van der Waals surface area contributed by atoms with Crippen molar-refractivity contribution < 1.29 is 9.84 Å². The quantitative estimate of drug-likeness (QED) is 0.891. The van der Waals surface area contributed by atoms with E-state index in [2.05, 4.69) is 20.2 Å². The number of ether oxygens (including phenoxy) is 1. The molecule has 2 fully saturated rings. The van der Waals surface area contributed by atoms with Crippen molar-refractivity contribution in [3.8, 4) is 0 Å². The standard InChI is InChI=1S/C14H23N3O2S/c18-14(9-16-3-1-2-4-16)10-17(5-6-19-11-14)7-13-8-20-12-15-13/h8,12,18H,1-7,9-11H2. The molecular weight excluding hydrogens is 274 g/mol. The molecular formula is C14H23N3O2S. The summed E-state index contributed by atoms with van der Waals surface area (Å²) < 4.78 is 5.63. The number of hydrogen-bond donors (Lipinski definition) is 1. The molecule has 3 heterocycles. The van der Waals surface area contributed by atoms with Gasteiger partial charge in [0.05, 0.1) is 24.4 Å². The third kappa shape index (κ3) is 3.77. The first-order valence-electron chi connectivity index (χ1n) is 7.35. The Bertz CT molecular complexity index is 409. The average Bonchev–Trinajstić information content (AvgIpc) is 3.05. The van der Waals surface area contributed by atoms with E-state index in [0.717, 1.165) is 38.4 Å². The molecule has 20 heavy (non-hydrogen) atoms. The maximum atomic E-state index is 10.9. The molecule has 1 aromatic heterocycles. The number of nitrogens with zero attached hydrogens (tertiary/aromatic N) is 3. The summed E-state index contributed by atoms with van der Waals surface area (Å²) in [4.78, 5) is 8.95. The van der Waals surface area contributed by atoms with E-state index >= 15 is 0 Å². The van der Waals surface area contributed by atoms with Crippen molar-refractivity contribution in [2.24, 2.45) is 0 Å². The molecule has 0 spiro atoms. The molecule has 0 aromatic carbocycles. The summed E-state index contributed by atoms with van der Waals surface area (Å²) in [5.41, 5.74) is 2.19. The highest BCUT2D eigenvalue weighted by atomic mass is 32.1. The lowest BCUT2D eigenvalue weighted by Gasteiger charge is -2.33. The highest BCUT2D eigenvalue weighted by Gasteiger charge is 2.35. The van der Waals surface area contributed by atoms with Crippen LogP contribution in [-0.2, 0) is 11.3 Å². The fraction of sp³-hybridized carbons (Fsp3) is 0.786. The Hall–Kier alpha value is -0.530. The van der Waals surface area contributed by atoms with Crippen LogP contribution < -0.4 is 0 Å². The number of rotatable bonds is 4. The molecule has 3 rings (SSSR count). The molecule has 0 aliphatic carbocycles. The predicted molar refractivity (Wildman–Crippen MR) is 78.8 cm³/mol. The van der Waals surface area contributed by atoms with E-state index in [-0.39, 0.29) is 0 Å². The summed E-state index contributed by atoms with van der Waals surface area (Å²) in [5.74, 6) is 0. The third-order valence-corrected chi connectivity index (χ3v) is 4.66. The number of hydrogen-bond acceptors (Lipinski definition) is 6. The molecule has 0 bridgehead atoms. The summed E-state index contributed by atoms with van der Waals surface area (Å²) in [6.45, 7) is 6.39. The Balaban J connectivity index is 1.61. The second kappa shape index (κ2) is 6.49. The molecule has 1 unspecified atom stereocenters. The first-order chi connectivity index (χ1) is 9.73. The fourth-order valence-corrected chi connectivity index (χ4v) is 3.68. The lowest BCUT2D eigenvalue weighted by atomic mass is 10.0. The topological polar surface area (TPSA) is 48.8 Å². The van der Waals surface area contributed by atoms with Crippen LogP contribution in [0.15, 0.2) is 10.9 Å². The molecule has 2 saturated heterocycles. The van der Waals surface area contributed by atoms with Gasteiger partial charge in [-0.2, -0.15) is 0 Å². The SMILES string of the molecule is OC1(CN2CCCC2)COCCN(Cc2cscn2)C1. The molecule has 6 heteroatoms. The molecule has 1 N–H and O–H groups in total. The molecule has 0 saturated carbocycles. The first kappa shape index (κ1) is 14.4. The van der Waals surface area contributed by atoms with Crippen LogP contribution in [0.1, 0.15) is 18.5 Å². The third-order valence-electron chi connectivity index (χ3n) is 4.03. The van der Waals surface area contributed by atoms with E-state index in [0.29, 0.717) is 19.8 Å². The van der Waals surface area contributed by atoms with Crippen LogP contribution in [0.3, 0.4) is 0 Å². The summed E-state index contributed by atoms with van der Waals surface area (Å²) in [6.07, 6.45) is 2.50. The Labute approximate surface area is 124 Å². The molecule has 0 radical (unpaired) electrons. The fourth-order valence-electron chi connectivity index (χ4n) is 3.13. The molecule has 1 aromatic rings. The summed E-state index contributed by atoms with van der Waals surface area (Å²) in [7, 11) is 0. The number of thiazole rings is 1. The Morgan fingerprint density at radius 1 is 1.30 bits per heavy atom. The van der Waals surface area contributed by atoms with Crippen LogP contribution in [0.2, 0.25) is 0 Å². The Morgan fingerprint density at radius 3 is 2.90 bits per heavy atom. The lowest BCUT2D eigenvalue weighted by molar-refractivity contribution is -0.0549. The normalized spacial score (nSPS) is 29.6. The maximum Gasteiger partial charge on any atom is 0.113 e. The van der Waals surface area contributed by atoms with Gasteiger partial charge in [0.2, 0.25) is 0 Å². The van der Waals surface area contributed by atoms with Crippen molar-refractivity contribution in [3.05, 3.63) is 16.6 Å². The van der Waals surface area contributed by atoms with Crippen LogP contribution in [0.4, 0.5) is 0 Å². The van der Waals surface area contributed by atoms with Gasteiger partial charge in [-0.25, -0.2) is 4.98 Å². The molecule has 112 valence electrons. The summed E-state index contributed by atoms with van der Waals surface area (Å²) >= 11 is 1.62. The average molecular weight is 297 g/mol. The monoisotopic (exact) mass is 297 g/mol. The van der Waals surface area contributed by atoms with Gasteiger partial charge in [0.1, 0.15) is 5.60 Å². The van der Waals surface area contributed by atoms with Crippen molar-refractivity contribution in [1.29, 1.82) is 0 Å². The van der Waals surface area contributed by atoms with E-state index in [1.54, 1.807) is 11.3 Å². The van der Waals surface area contributed by atoms with E-state index in [1.807, 2.05) is 5.51 Å². The van der Waals surface area contributed by atoms with Crippen molar-refractivity contribution in [2.75, 3.05) is 45.9 Å². The Morgan fingerprint density at radius 2 is 2.15 bits per heavy atom. The molecule has 2 aliphatic rings. The van der Waals surface area contributed by atoms with E-state index < -0.39 is 5.60 Å². The second-order valence-corrected chi connectivity index (χ2v) is 6.67. The van der Waals surface area contributed by atoms with Crippen molar-refractivity contribution in [1.82, 2.24) is 14.8 Å². The number of aromatic nitrogens is 1. The highest BCUT2D eigenvalue weighted by molar-refractivity contribution is 7.07. The lowest BCUT2D eigenvalue weighted by Crippen LogP contribution is -2.51. The van der Waals surface area contributed by atoms with Gasteiger partial charge in [-0.15, -0.1) is 11.3 Å². The van der Waals surface area contributed by atoms with Gasteiger partial charge in [-0.05, 0) is 25.9 Å². The van der Waals surface area contributed by atoms with Gasteiger partial charge in [-0.3, -0.25) is 4.90 Å². The van der Waals surface area contributed by atoms with E-state index in [1.165, 1.54) is 12.8 Å². The van der Waals surface area contributed by atoms with Crippen molar-refractivity contribution >= 4 is 11.3 Å². The smallest absolute Gasteiger partial charge is 0.113 e. The molecule has 1 atom stereocenters. The van der Waals surface area contributed by atoms with E-state index in [9.17, 15) is 5.11 Å². The zero-order valence-electron chi connectivity index (χ0n) is 11.8. The molecule has 5 nitrogen and oxygen atoms in total. The predicted octanol–water partition coefficient (Wildman–Crippen LogP) is 0.802. The van der Waals surface area contributed by atoms with Gasteiger partial charge < -0.3 is 14.7 Å².